The smallest absolute Gasteiger partial charge is 0.238 e. The molecule has 4 nitrogen and oxygen atoms in total. The summed E-state index contributed by atoms with van der Waals surface area (Å²) in [5.74, 6) is 0.825. The van der Waals surface area contributed by atoms with Gasteiger partial charge in [-0.05, 0) is 48.9 Å². The van der Waals surface area contributed by atoms with Crippen molar-refractivity contribution in [2.24, 2.45) is 23.7 Å². The SMILES string of the molecule is COc1ccc(N2C(=O)[C@@H]3[C@H](C2=O)[C@@H]2C=C[C@H]3CC2)cc1. The highest BCUT2D eigenvalue weighted by molar-refractivity contribution is 6.22. The molecule has 108 valence electrons. The number of anilines is 1. The number of ether oxygens (including phenoxy) is 1. The maximum Gasteiger partial charge on any atom is 0.238 e. The molecule has 2 fully saturated rings. The van der Waals surface area contributed by atoms with Gasteiger partial charge in [0, 0.05) is 0 Å². The summed E-state index contributed by atoms with van der Waals surface area (Å²) in [5.41, 5.74) is 0.652. The first-order valence-electron chi connectivity index (χ1n) is 7.41. The van der Waals surface area contributed by atoms with Crippen LogP contribution >= 0.6 is 0 Å². The van der Waals surface area contributed by atoms with Gasteiger partial charge in [-0.15, -0.1) is 0 Å². The molecule has 1 aromatic carbocycles. The lowest BCUT2D eigenvalue weighted by atomic mass is 9.63. The number of benzene rings is 1. The number of nitrogens with zero attached hydrogens (tertiary/aromatic N) is 1. The largest absolute Gasteiger partial charge is 0.497 e. The maximum atomic E-state index is 12.7. The Bertz CT molecular complexity index is 602. The lowest BCUT2D eigenvalue weighted by Gasteiger charge is -2.38. The molecule has 1 saturated carbocycles. The average molecular weight is 283 g/mol. The Kier molecular flexibility index (Phi) is 2.67. The lowest BCUT2D eigenvalue weighted by molar-refractivity contribution is -0.124. The Labute approximate surface area is 123 Å². The zero-order valence-corrected chi connectivity index (χ0v) is 11.9. The lowest BCUT2D eigenvalue weighted by Crippen LogP contribution is -2.38. The van der Waals surface area contributed by atoms with E-state index < -0.39 is 0 Å². The number of carbonyl (C=O) groups is 2. The van der Waals surface area contributed by atoms with Crippen molar-refractivity contribution in [2.75, 3.05) is 12.0 Å². The molecule has 4 heteroatoms. The molecule has 3 aliphatic carbocycles. The number of allylic oxidation sites excluding steroid dienone is 2. The second-order valence-electron chi connectivity index (χ2n) is 6.05. The number of imide groups is 1. The van der Waals surface area contributed by atoms with Crippen LogP contribution in [0.3, 0.4) is 0 Å². The van der Waals surface area contributed by atoms with Crippen LogP contribution in [0.2, 0.25) is 0 Å². The van der Waals surface area contributed by atoms with Gasteiger partial charge in [0.05, 0.1) is 24.6 Å². The summed E-state index contributed by atoms with van der Waals surface area (Å²) in [4.78, 5) is 26.9. The molecule has 4 atom stereocenters. The van der Waals surface area contributed by atoms with Gasteiger partial charge >= 0.3 is 0 Å². The van der Waals surface area contributed by atoms with Gasteiger partial charge in [-0.2, -0.15) is 0 Å². The molecule has 0 N–H and O–H groups in total. The molecule has 5 rings (SSSR count). The van der Waals surface area contributed by atoms with E-state index in [0.717, 1.165) is 18.6 Å². The monoisotopic (exact) mass is 283 g/mol. The van der Waals surface area contributed by atoms with Crippen LogP contribution in [0.25, 0.3) is 0 Å². The highest BCUT2D eigenvalue weighted by Gasteiger charge is 2.56. The second-order valence-corrected chi connectivity index (χ2v) is 6.05. The predicted octanol–water partition coefficient (Wildman–Crippen LogP) is 2.40. The molecule has 0 aromatic heterocycles. The van der Waals surface area contributed by atoms with Gasteiger partial charge in [-0.1, -0.05) is 12.2 Å². The highest BCUT2D eigenvalue weighted by atomic mass is 16.5. The topological polar surface area (TPSA) is 46.6 Å². The van der Waals surface area contributed by atoms with Gasteiger partial charge in [0.25, 0.3) is 0 Å². The van der Waals surface area contributed by atoms with Gasteiger partial charge in [0.1, 0.15) is 5.75 Å². The van der Waals surface area contributed by atoms with E-state index in [1.165, 1.54) is 4.90 Å². The summed E-state index contributed by atoms with van der Waals surface area (Å²) >= 11 is 0. The van der Waals surface area contributed by atoms with Gasteiger partial charge in [0.2, 0.25) is 11.8 Å². The molecule has 0 unspecified atom stereocenters. The molecule has 2 bridgehead atoms. The first-order valence-corrected chi connectivity index (χ1v) is 7.41. The Morgan fingerprint density at radius 2 is 1.48 bits per heavy atom. The summed E-state index contributed by atoms with van der Waals surface area (Å²) in [6.07, 6.45) is 6.33. The quantitative estimate of drug-likeness (QED) is 0.618. The number of carbonyl (C=O) groups excluding carboxylic acids is 2. The van der Waals surface area contributed by atoms with Crippen molar-refractivity contribution >= 4 is 17.5 Å². The average Bonchev–Trinajstić information content (AvgIpc) is 2.82. The minimum atomic E-state index is -0.150. The fraction of sp³-hybridized carbons (Fsp3) is 0.412. The van der Waals surface area contributed by atoms with Crippen LogP contribution in [0.15, 0.2) is 36.4 Å². The third kappa shape index (κ3) is 1.68. The summed E-state index contributed by atoms with van der Waals surface area (Å²) in [6, 6.07) is 7.12. The molecule has 1 heterocycles. The van der Waals surface area contributed by atoms with E-state index in [1.807, 2.05) is 0 Å². The number of hydrogen-bond donors (Lipinski definition) is 0. The fourth-order valence-electron chi connectivity index (χ4n) is 4.06. The molecular weight excluding hydrogens is 266 g/mol. The zero-order valence-electron chi connectivity index (χ0n) is 11.9. The predicted molar refractivity (Wildman–Crippen MR) is 77.8 cm³/mol. The van der Waals surface area contributed by atoms with Crippen LogP contribution in [0.5, 0.6) is 5.75 Å². The van der Waals surface area contributed by atoms with E-state index in [4.69, 9.17) is 4.74 Å². The van der Waals surface area contributed by atoms with Crippen LogP contribution in [0.4, 0.5) is 5.69 Å². The number of hydrogen-bond acceptors (Lipinski definition) is 3. The number of amides is 2. The summed E-state index contributed by atoms with van der Waals surface area (Å²) in [7, 11) is 1.60. The Morgan fingerprint density at radius 1 is 0.952 bits per heavy atom. The highest BCUT2D eigenvalue weighted by Crippen LogP contribution is 2.50. The van der Waals surface area contributed by atoms with Crippen molar-refractivity contribution in [3.05, 3.63) is 36.4 Å². The fourth-order valence-corrected chi connectivity index (χ4v) is 4.06. The van der Waals surface area contributed by atoms with E-state index in [9.17, 15) is 9.59 Å². The Balaban J connectivity index is 1.71. The molecule has 0 spiro atoms. The minimum absolute atomic E-state index is 0.0331. The van der Waals surface area contributed by atoms with Crippen molar-refractivity contribution in [3.63, 3.8) is 0 Å². The van der Waals surface area contributed by atoms with Crippen LogP contribution in [-0.2, 0) is 9.59 Å². The molecular formula is C17H17NO3. The van der Waals surface area contributed by atoms with Gasteiger partial charge in [-0.25, -0.2) is 0 Å². The number of methoxy groups -OCH3 is 1. The maximum absolute atomic E-state index is 12.7. The Morgan fingerprint density at radius 3 is 1.90 bits per heavy atom. The second kappa shape index (κ2) is 4.45. The molecule has 21 heavy (non-hydrogen) atoms. The Hall–Kier alpha value is -2.10. The first-order chi connectivity index (χ1) is 10.2. The van der Waals surface area contributed by atoms with Crippen LogP contribution in [-0.4, -0.2) is 18.9 Å². The van der Waals surface area contributed by atoms with Gasteiger partial charge in [0.15, 0.2) is 0 Å². The molecule has 0 radical (unpaired) electrons. The first kappa shape index (κ1) is 12.6. The summed E-state index contributed by atoms with van der Waals surface area (Å²) < 4.78 is 5.13. The van der Waals surface area contributed by atoms with Crippen LogP contribution in [0.1, 0.15) is 12.8 Å². The van der Waals surface area contributed by atoms with Crippen molar-refractivity contribution in [1.29, 1.82) is 0 Å². The van der Waals surface area contributed by atoms with Crippen molar-refractivity contribution in [3.8, 4) is 5.75 Å². The van der Waals surface area contributed by atoms with Crippen molar-refractivity contribution in [2.45, 2.75) is 12.8 Å². The minimum Gasteiger partial charge on any atom is -0.497 e. The van der Waals surface area contributed by atoms with Crippen LogP contribution in [0, 0.1) is 23.7 Å². The summed E-state index contributed by atoms with van der Waals surface area (Å²) in [5, 5.41) is 0. The molecule has 4 aliphatic rings. The van der Waals surface area contributed by atoms with E-state index >= 15 is 0 Å². The molecule has 1 aromatic rings. The zero-order chi connectivity index (χ0) is 14.6. The molecule has 2 amide bonds. The number of fused-ring (bicyclic) bond motifs is 1. The van der Waals surface area contributed by atoms with Gasteiger partial charge < -0.3 is 4.74 Å². The van der Waals surface area contributed by atoms with E-state index in [2.05, 4.69) is 12.2 Å². The van der Waals surface area contributed by atoms with Gasteiger partial charge in [-0.3, -0.25) is 14.5 Å². The third-order valence-electron chi connectivity index (χ3n) is 5.09. The van der Waals surface area contributed by atoms with Crippen molar-refractivity contribution in [1.82, 2.24) is 0 Å². The van der Waals surface area contributed by atoms with E-state index in [0.29, 0.717) is 5.69 Å². The summed E-state index contributed by atoms with van der Waals surface area (Å²) in [6.45, 7) is 0. The third-order valence-corrected chi connectivity index (χ3v) is 5.09. The standard InChI is InChI=1S/C17H17NO3/c1-21-13-8-6-12(7-9-13)18-16(19)14-10-2-3-11(5-4-10)15(14)17(18)20/h2-3,6-11,14-15H,4-5H2,1H3/t10-,11+,14-,15+. The number of rotatable bonds is 2. The van der Waals surface area contributed by atoms with Crippen LogP contribution < -0.4 is 9.64 Å². The van der Waals surface area contributed by atoms with E-state index in [-0.39, 0.29) is 35.5 Å². The normalized spacial score (nSPS) is 33.5. The van der Waals surface area contributed by atoms with E-state index in [1.54, 1.807) is 31.4 Å². The molecule has 1 saturated heterocycles. The molecule has 1 aliphatic heterocycles. The van der Waals surface area contributed by atoms with Crippen molar-refractivity contribution < 1.29 is 14.3 Å².